The summed E-state index contributed by atoms with van der Waals surface area (Å²) in [4.78, 5) is 6.78. The molecule has 1 aliphatic rings. The molecule has 1 atom stereocenters. The van der Waals surface area contributed by atoms with Crippen molar-refractivity contribution in [3.05, 3.63) is 18.0 Å². The van der Waals surface area contributed by atoms with Crippen LogP contribution < -0.4 is 5.32 Å². The molecule has 1 unspecified atom stereocenters. The Morgan fingerprint density at radius 3 is 2.81 bits per heavy atom. The Morgan fingerprint density at radius 2 is 2.29 bits per heavy atom. The summed E-state index contributed by atoms with van der Waals surface area (Å²) in [5.41, 5.74) is 1.64. The fourth-order valence-electron chi connectivity index (χ4n) is 2.70. The van der Waals surface area contributed by atoms with E-state index >= 15 is 0 Å². The monoisotopic (exact) mass is 405 g/mol. The number of nitrogens with zero attached hydrogens (tertiary/aromatic N) is 4. The van der Waals surface area contributed by atoms with Crippen LogP contribution in [0.3, 0.4) is 0 Å². The van der Waals surface area contributed by atoms with E-state index in [1.54, 1.807) is 0 Å². The Kier molecular flexibility index (Phi) is 6.96. The molecule has 0 aromatic carbocycles. The summed E-state index contributed by atoms with van der Waals surface area (Å²) in [6.07, 6.45) is 6.44. The van der Waals surface area contributed by atoms with Crippen LogP contribution >= 0.6 is 24.0 Å². The SMILES string of the molecule is CCC1(C)CCN(C(=NC)NCCn2cc(C)cn2)C1.I. The van der Waals surface area contributed by atoms with Crippen molar-refractivity contribution in [2.75, 3.05) is 26.7 Å². The Balaban J connectivity index is 0.00000220. The molecular weight excluding hydrogens is 377 g/mol. The van der Waals surface area contributed by atoms with Crippen LogP contribution in [0.2, 0.25) is 0 Å². The standard InChI is InChI=1S/C15H27N5.HI/c1-5-15(3)6-8-19(12-15)14(16-4)17-7-9-20-11-13(2)10-18-20;/h10-11H,5-9,12H2,1-4H3,(H,16,17);1H. The van der Waals surface area contributed by atoms with E-state index in [2.05, 4.69) is 47.3 Å². The van der Waals surface area contributed by atoms with Crippen LogP contribution in [0.15, 0.2) is 17.4 Å². The Hall–Kier alpha value is -0.790. The average molecular weight is 405 g/mol. The summed E-state index contributed by atoms with van der Waals surface area (Å²) < 4.78 is 1.97. The quantitative estimate of drug-likeness (QED) is 0.476. The second-order valence-electron chi connectivity index (χ2n) is 6.09. The molecule has 2 heterocycles. The predicted molar refractivity (Wildman–Crippen MR) is 98.3 cm³/mol. The van der Waals surface area contributed by atoms with E-state index in [0.717, 1.165) is 32.1 Å². The molecule has 5 nitrogen and oxygen atoms in total. The number of likely N-dealkylation sites (tertiary alicyclic amines) is 1. The first kappa shape index (κ1) is 18.3. The first-order valence-corrected chi connectivity index (χ1v) is 7.51. The van der Waals surface area contributed by atoms with Crippen molar-refractivity contribution >= 4 is 29.9 Å². The largest absolute Gasteiger partial charge is 0.354 e. The minimum Gasteiger partial charge on any atom is -0.354 e. The number of hydrogen-bond acceptors (Lipinski definition) is 2. The van der Waals surface area contributed by atoms with Gasteiger partial charge in [-0.15, -0.1) is 24.0 Å². The fraction of sp³-hybridized carbons (Fsp3) is 0.733. The maximum Gasteiger partial charge on any atom is 0.193 e. The highest BCUT2D eigenvalue weighted by Gasteiger charge is 2.33. The number of rotatable bonds is 4. The van der Waals surface area contributed by atoms with Crippen LogP contribution in [-0.2, 0) is 6.54 Å². The number of aliphatic imine (C=N–C) groups is 1. The van der Waals surface area contributed by atoms with Gasteiger partial charge in [-0.25, -0.2) is 0 Å². The molecule has 0 spiro atoms. The van der Waals surface area contributed by atoms with Gasteiger partial charge in [-0.1, -0.05) is 13.8 Å². The zero-order chi connectivity index (χ0) is 14.6. The first-order valence-electron chi connectivity index (χ1n) is 7.51. The van der Waals surface area contributed by atoms with E-state index in [9.17, 15) is 0 Å². The van der Waals surface area contributed by atoms with Crippen molar-refractivity contribution in [2.24, 2.45) is 10.4 Å². The number of halogens is 1. The molecule has 0 saturated carbocycles. The van der Waals surface area contributed by atoms with Crippen molar-refractivity contribution < 1.29 is 0 Å². The lowest BCUT2D eigenvalue weighted by atomic mass is 9.87. The van der Waals surface area contributed by atoms with E-state index < -0.39 is 0 Å². The van der Waals surface area contributed by atoms with E-state index in [1.807, 2.05) is 17.9 Å². The molecule has 120 valence electrons. The summed E-state index contributed by atoms with van der Waals surface area (Å²) in [5, 5.41) is 7.74. The van der Waals surface area contributed by atoms with Gasteiger partial charge in [0.05, 0.1) is 12.7 Å². The molecule has 6 heteroatoms. The van der Waals surface area contributed by atoms with Crippen molar-refractivity contribution in [1.29, 1.82) is 0 Å². The molecule has 0 bridgehead atoms. The third-order valence-corrected chi connectivity index (χ3v) is 4.31. The number of nitrogens with one attached hydrogen (secondary N) is 1. The molecule has 2 rings (SSSR count). The van der Waals surface area contributed by atoms with Gasteiger partial charge in [0.25, 0.3) is 0 Å². The summed E-state index contributed by atoms with van der Waals surface area (Å²) in [7, 11) is 1.86. The first-order chi connectivity index (χ1) is 9.56. The highest BCUT2D eigenvalue weighted by molar-refractivity contribution is 14.0. The van der Waals surface area contributed by atoms with E-state index in [4.69, 9.17) is 0 Å². The molecule has 1 fully saturated rings. The van der Waals surface area contributed by atoms with Crippen molar-refractivity contribution in [2.45, 2.75) is 40.2 Å². The van der Waals surface area contributed by atoms with E-state index in [0.29, 0.717) is 5.41 Å². The summed E-state index contributed by atoms with van der Waals surface area (Å²) >= 11 is 0. The molecular formula is C15H28IN5. The van der Waals surface area contributed by atoms with Gasteiger partial charge in [0.1, 0.15) is 0 Å². The lowest BCUT2D eigenvalue weighted by molar-refractivity contribution is 0.322. The van der Waals surface area contributed by atoms with Crippen molar-refractivity contribution in [3.63, 3.8) is 0 Å². The molecule has 1 aromatic rings. The smallest absolute Gasteiger partial charge is 0.193 e. The molecule has 1 aliphatic heterocycles. The predicted octanol–water partition coefficient (Wildman–Crippen LogP) is 2.51. The van der Waals surface area contributed by atoms with Crippen LogP contribution in [0.5, 0.6) is 0 Å². The van der Waals surface area contributed by atoms with Crippen molar-refractivity contribution in [3.8, 4) is 0 Å². The van der Waals surface area contributed by atoms with Crippen molar-refractivity contribution in [1.82, 2.24) is 20.0 Å². The van der Waals surface area contributed by atoms with Gasteiger partial charge in [-0.05, 0) is 30.7 Å². The summed E-state index contributed by atoms with van der Waals surface area (Å²) in [5.74, 6) is 1.02. The number of hydrogen-bond donors (Lipinski definition) is 1. The maximum atomic E-state index is 4.41. The lowest BCUT2D eigenvalue weighted by Gasteiger charge is -2.25. The van der Waals surface area contributed by atoms with Crippen LogP contribution in [-0.4, -0.2) is 47.3 Å². The molecule has 1 aromatic heterocycles. The zero-order valence-corrected chi connectivity index (χ0v) is 15.9. The highest BCUT2D eigenvalue weighted by atomic mass is 127. The van der Waals surface area contributed by atoms with E-state index in [1.165, 1.54) is 18.4 Å². The fourth-order valence-corrected chi connectivity index (χ4v) is 2.70. The molecule has 0 aliphatic carbocycles. The van der Waals surface area contributed by atoms with E-state index in [-0.39, 0.29) is 24.0 Å². The second kappa shape index (κ2) is 8.00. The minimum absolute atomic E-state index is 0. The average Bonchev–Trinajstić information content (AvgIpc) is 3.02. The van der Waals surface area contributed by atoms with Gasteiger partial charge in [0, 0.05) is 32.9 Å². The third kappa shape index (κ3) is 4.86. The summed E-state index contributed by atoms with van der Waals surface area (Å²) in [6, 6.07) is 0. The van der Waals surface area contributed by atoms with Crippen LogP contribution in [0, 0.1) is 12.3 Å². The molecule has 0 amide bonds. The highest BCUT2D eigenvalue weighted by Crippen LogP contribution is 2.32. The number of aromatic nitrogens is 2. The van der Waals surface area contributed by atoms with Gasteiger partial charge in [-0.2, -0.15) is 5.10 Å². The zero-order valence-electron chi connectivity index (χ0n) is 13.6. The molecule has 1 saturated heterocycles. The molecule has 1 N–H and O–H groups in total. The second-order valence-corrected chi connectivity index (χ2v) is 6.09. The van der Waals surface area contributed by atoms with Crippen LogP contribution in [0.1, 0.15) is 32.3 Å². The van der Waals surface area contributed by atoms with Gasteiger partial charge in [0.2, 0.25) is 0 Å². The van der Waals surface area contributed by atoms with Crippen LogP contribution in [0.4, 0.5) is 0 Å². The van der Waals surface area contributed by atoms with Gasteiger partial charge < -0.3 is 10.2 Å². The Labute approximate surface area is 145 Å². The number of aryl methyl sites for hydroxylation is 1. The van der Waals surface area contributed by atoms with Crippen LogP contribution in [0.25, 0.3) is 0 Å². The molecule has 0 radical (unpaired) electrons. The van der Waals surface area contributed by atoms with Gasteiger partial charge in [0.15, 0.2) is 5.96 Å². The lowest BCUT2D eigenvalue weighted by Crippen LogP contribution is -2.42. The Morgan fingerprint density at radius 1 is 1.52 bits per heavy atom. The molecule has 21 heavy (non-hydrogen) atoms. The topological polar surface area (TPSA) is 45.5 Å². The minimum atomic E-state index is 0. The van der Waals surface area contributed by atoms with Gasteiger partial charge in [-0.3, -0.25) is 9.67 Å². The normalized spacial score (nSPS) is 22.3. The number of guanidine groups is 1. The third-order valence-electron chi connectivity index (χ3n) is 4.31. The summed E-state index contributed by atoms with van der Waals surface area (Å²) in [6.45, 7) is 10.6. The Bertz CT molecular complexity index is 470. The maximum absolute atomic E-state index is 4.41. The van der Waals surface area contributed by atoms with Gasteiger partial charge >= 0.3 is 0 Å².